The predicted octanol–water partition coefficient (Wildman–Crippen LogP) is 2.90. The average Bonchev–Trinajstić information content (AvgIpc) is 2.49. The van der Waals surface area contributed by atoms with Crippen LogP contribution in [0.4, 0.5) is 5.69 Å². The summed E-state index contributed by atoms with van der Waals surface area (Å²) in [4.78, 5) is 12.2. The second-order valence-corrected chi connectivity index (χ2v) is 6.87. The molecule has 0 atom stereocenters. The zero-order valence-corrected chi connectivity index (χ0v) is 14.2. The SMILES string of the molecule is COc1ccc(S(N)(=O)=O)cc1C(=O)Nc1ccc(Cl)c(Cl)c1. The van der Waals surface area contributed by atoms with Crippen molar-refractivity contribution in [1.29, 1.82) is 0 Å². The molecule has 23 heavy (non-hydrogen) atoms. The van der Waals surface area contributed by atoms with Crippen LogP contribution in [-0.2, 0) is 10.0 Å². The molecular formula is C14H12Cl2N2O4S. The molecule has 1 amide bonds. The maximum Gasteiger partial charge on any atom is 0.259 e. The topological polar surface area (TPSA) is 98.5 Å². The Morgan fingerprint density at radius 2 is 1.83 bits per heavy atom. The Labute approximate surface area is 143 Å². The first kappa shape index (κ1) is 17.6. The van der Waals surface area contributed by atoms with Crippen molar-refractivity contribution in [1.82, 2.24) is 0 Å². The molecule has 0 unspecified atom stereocenters. The number of carbonyl (C=O) groups is 1. The number of amides is 1. The van der Waals surface area contributed by atoms with Crippen LogP contribution in [0.1, 0.15) is 10.4 Å². The molecule has 0 fully saturated rings. The van der Waals surface area contributed by atoms with Gasteiger partial charge in [0.1, 0.15) is 5.75 Å². The van der Waals surface area contributed by atoms with Gasteiger partial charge in [0, 0.05) is 5.69 Å². The fourth-order valence-electron chi connectivity index (χ4n) is 1.81. The van der Waals surface area contributed by atoms with Gasteiger partial charge in [-0.05, 0) is 36.4 Å². The molecule has 6 nitrogen and oxygen atoms in total. The number of ether oxygens (including phenoxy) is 1. The maximum atomic E-state index is 12.4. The third kappa shape index (κ3) is 4.14. The molecule has 0 saturated heterocycles. The van der Waals surface area contributed by atoms with E-state index < -0.39 is 15.9 Å². The van der Waals surface area contributed by atoms with Crippen molar-refractivity contribution >= 4 is 44.8 Å². The number of anilines is 1. The quantitative estimate of drug-likeness (QED) is 0.859. The molecule has 0 aliphatic carbocycles. The van der Waals surface area contributed by atoms with E-state index in [1.165, 1.54) is 31.4 Å². The fourth-order valence-corrected chi connectivity index (χ4v) is 2.65. The lowest BCUT2D eigenvalue weighted by atomic mass is 10.2. The Morgan fingerprint density at radius 3 is 2.39 bits per heavy atom. The van der Waals surface area contributed by atoms with Crippen molar-refractivity contribution in [2.45, 2.75) is 4.90 Å². The van der Waals surface area contributed by atoms with E-state index in [9.17, 15) is 13.2 Å². The molecule has 9 heteroatoms. The highest BCUT2D eigenvalue weighted by Crippen LogP contribution is 2.27. The lowest BCUT2D eigenvalue weighted by molar-refractivity contribution is 0.102. The van der Waals surface area contributed by atoms with Crippen molar-refractivity contribution in [3.8, 4) is 5.75 Å². The van der Waals surface area contributed by atoms with Crippen LogP contribution in [0, 0.1) is 0 Å². The molecule has 0 aliphatic heterocycles. The monoisotopic (exact) mass is 374 g/mol. The largest absolute Gasteiger partial charge is 0.496 e. The Hall–Kier alpha value is -1.80. The van der Waals surface area contributed by atoms with Crippen LogP contribution in [0.25, 0.3) is 0 Å². The Kier molecular flexibility index (Phi) is 5.16. The van der Waals surface area contributed by atoms with Crippen LogP contribution in [0.15, 0.2) is 41.3 Å². The fraction of sp³-hybridized carbons (Fsp3) is 0.0714. The third-order valence-electron chi connectivity index (χ3n) is 2.92. The molecule has 0 aliphatic rings. The van der Waals surface area contributed by atoms with Crippen LogP contribution in [0.5, 0.6) is 5.75 Å². The van der Waals surface area contributed by atoms with Crippen molar-refractivity contribution < 1.29 is 17.9 Å². The lowest BCUT2D eigenvalue weighted by Gasteiger charge is -2.11. The first-order chi connectivity index (χ1) is 10.7. The van der Waals surface area contributed by atoms with Crippen molar-refractivity contribution in [2.24, 2.45) is 5.14 Å². The number of methoxy groups -OCH3 is 1. The van der Waals surface area contributed by atoms with E-state index >= 15 is 0 Å². The average molecular weight is 375 g/mol. The molecule has 0 bridgehead atoms. The first-order valence-corrected chi connectivity index (χ1v) is 8.50. The summed E-state index contributed by atoms with van der Waals surface area (Å²) in [5.74, 6) is -0.374. The number of hydrogen-bond acceptors (Lipinski definition) is 4. The molecule has 0 aromatic heterocycles. The van der Waals surface area contributed by atoms with Gasteiger partial charge in [0.2, 0.25) is 10.0 Å². The van der Waals surface area contributed by atoms with E-state index in [0.717, 1.165) is 6.07 Å². The van der Waals surface area contributed by atoms with Crippen molar-refractivity contribution in [3.05, 3.63) is 52.0 Å². The van der Waals surface area contributed by atoms with Crippen LogP contribution in [0.3, 0.4) is 0 Å². The van der Waals surface area contributed by atoms with Gasteiger partial charge in [-0.2, -0.15) is 0 Å². The van der Waals surface area contributed by atoms with E-state index in [2.05, 4.69) is 5.32 Å². The van der Waals surface area contributed by atoms with Crippen LogP contribution in [0.2, 0.25) is 10.0 Å². The highest BCUT2D eigenvalue weighted by molar-refractivity contribution is 7.89. The lowest BCUT2D eigenvalue weighted by Crippen LogP contribution is -2.16. The van der Waals surface area contributed by atoms with E-state index in [1.54, 1.807) is 6.07 Å². The van der Waals surface area contributed by atoms with Gasteiger partial charge in [0.05, 0.1) is 27.6 Å². The van der Waals surface area contributed by atoms with Gasteiger partial charge in [0.25, 0.3) is 5.91 Å². The van der Waals surface area contributed by atoms with Crippen LogP contribution >= 0.6 is 23.2 Å². The first-order valence-electron chi connectivity index (χ1n) is 6.19. The molecule has 3 N–H and O–H groups in total. The number of hydrogen-bond donors (Lipinski definition) is 2. The number of rotatable bonds is 4. The normalized spacial score (nSPS) is 11.1. The molecule has 0 radical (unpaired) electrons. The highest BCUT2D eigenvalue weighted by atomic mass is 35.5. The molecule has 0 saturated carbocycles. The number of benzene rings is 2. The van der Waals surface area contributed by atoms with Gasteiger partial charge < -0.3 is 10.1 Å². The Bertz CT molecular complexity index is 869. The number of halogens is 2. The van der Waals surface area contributed by atoms with E-state index in [0.29, 0.717) is 10.7 Å². The summed E-state index contributed by atoms with van der Waals surface area (Å²) in [6.07, 6.45) is 0. The zero-order valence-electron chi connectivity index (χ0n) is 11.8. The summed E-state index contributed by atoms with van der Waals surface area (Å²) in [7, 11) is -2.58. The van der Waals surface area contributed by atoms with Crippen molar-refractivity contribution in [2.75, 3.05) is 12.4 Å². The molecule has 0 heterocycles. The van der Waals surface area contributed by atoms with Gasteiger partial charge in [-0.15, -0.1) is 0 Å². The second kappa shape index (κ2) is 6.76. The van der Waals surface area contributed by atoms with E-state index in [-0.39, 0.29) is 21.2 Å². The summed E-state index contributed by atoms with van der Waals surface area (Å²) in [6, 6.07) is 8.30. The number of nitrogens with one attached hydrogen (secondary N) is 1. The van der Waals surface area contributed by atoms with Gasteiger partial charge in [-0.3, -0.25) is 4.79 Å². The van der Waals surface area contributed by atoms with Crippen molar-refractivity contribution in [3.63, 3.8) is 0 Å². The predicted molar refractivity (Wildman–Crippen MR) is 88.8 cm³/mol. The van der Waals surface area contributed by atoms with Gasteiger partial charge >= 0.3 is 0 Å². The number of primary sulfonamides is 1. The number of carbonyl (C=O) groups excluding carboxylic acids is 1. The summed E-state index contributed by atoms with van der Waals surface area (Å²) in [5, 5.41) is 8.27. The minimum atomic E-state index is -3.94. The van der Waals surface area contributed by atoms with Gasteiger partial charge in [-0.1, -0.05) is 23.2 Å². The summed E-state index contributed by atoms with van der Waals surface area (Å²) in [5.41, 5.74) is 0.414. The second-order valence-electron chi connectivity index (χ2n) is 4.49. The number of nitrogens with two attached hydrogens (primary N) is 1. The summed E-state index contributed by atoms with van der Waals surface area (Å²) < 4.78 is 27.9. The molecular weight excluding hydrogens is 363 g/mol. The molecule has 2 rings (SSSR count). The summed E-state index contributed by atoms with van der Waals surface area (Å²) >= 11 is 11.7. The third-order valence-corrected chi connectivity index (χ3v) is 4.57. The smallest absolute Gasteiger partial charge is 0.259 e. The zero-order chi connectivity index (χ0) is 17.2. The Balaban J connectivity index is 2.39. The molecule has 122 valence electrons. The maximum absolute atomic E-state index is 12.4. The van der Waals surface area contributed by atoms with E-state index in [4.69, 9.17) is 33.1 Å². The van der Waals surface area contributed by atoms with Crippen LogP contribution in [-0.4, -0.2) is 21.4 Å². The Morgan fingerprint density at radius 1 is 1.13 bits per heavy atom. The molecule has 2 aromatic rings. The molecule has 0 spiro atoms. The minimum Gasteiger partial charge on any atom is -0.496 e. The highest BCUT2D eigenvalue weighted by Gasteiger charge is 2.17. The minimum absolute atomic E-state index is 0.0186. The van der Waals surface area contributed by atoms with E-state index in [1.807, 2.05) is 0 Å². The van der Waals surface area contributed by atoms with Gasteiger partial charge in [-0.25, -0.2) is 13.6 Å². The number of sulfonamides is 1. The summed E-state index contributed by atoms with van der Waals surface area (Å²) in [6.45, 7) is 0. The van der Waals surface area contributed by atoms with Crippen LogP contribution < -0.4 is 15.2 Å². The van der Waals surface area contributed by atoms with Gasteiger partial charge in [0.15, 0.2) is 0 Å². The standard InChI is InChI=1S/C14H12Cl2N2O4S/c1-22-13-5-3-9(23(17,20)21)7-10(13)14(19)18-8-2-4-11(15)12(16)6-8/h2-7H,1H3,(H,18,19)(H2,17,20,21). The molecule has 2 aromatic carbocycles.